The molecule has 2 aromatic carbocycles. The van der Waals surface area contributed by atoms with E-state index in [0.29, 0.717) is 54.3 Å². The van der Waals surface area contributed by atoms with Crippen molar-refractivity contribution in [3.63, 3.8) is 0 Å². The van der Waals surface area contributed by atoms with Gasteiger partial charge in [0.05, 0.1) is 41.4 Å². The van der Waals surface area contributed by atoms with Gasteiger partial charge in [-0.25, -0.2) is 0 Å². The zero-order valence-corrected chi connectivity index (χ0v) is 14.5. The molecule has 27 heavy (non-hydrogen) atoms. The summed E-state index contributed by atoms with van der Waals surface area (Å²) in [6, 6.07) is 15.8. The summed E-state index contributed by atoms with van der Waals surface area (Å²) in [6.45, 7) is 2.26. The van der Waals surface area contributed by atoms with Crippen LogP contribution in [0.25, 0.3) is 11.6 Å². The van der Waals surface area contributed by atoms with Gasteiger partial charge in [-0.3, -0.25) is 10.1 Å². The van der Waals surface area contributed by atoms with Gasteiger partial charge in [0.15, 0.2) is 0 Å². The van der Waals surface area contributed by atoms with Crippen molar-refractivity contribution in [3.05, 3.63) is 69.3 Å². The number of nitro benzene ring substituents is 1. The van der Waals surface area contributed by atoms with Crippen molar-refractivity contribution in [2.24, 2.45) is 0 Å². The molecule has 7 nitrogen and oxygen atoms in total. The third-order valence-electron chi connectivity index (χ3n) is 4.28. The minimum Gasteiger partial charge on any atom is -0.378 e. The second-order valence-corrected chi connectivity index (χ2v) is 5.97. The fourth-order valence-corrected chi connectivity index (χ4v) is 2.95. The van der Waals surface area contributed by atoms with Gasteiger partial charge in [-0.2, -0.15) is 10.5 Å². The van der Waals surface area contributed by atoms with Gasteiger partial charge in [0, 0.05) is 19.2 Å². The Balaban J connectivity index is 1.99. The van der Waals surface area contributed by atoms with E-state index in [0.717, 1.165) is 0 Å². The Labute approximate surface area is 156 Å². The summed E-state index contributed by atoms with van der Waals surface area (Å²) in [7, 11) is 0. The highest BCUT2D eigenvalue weighted by Gasteiger charge is 2.21. The van der Waals surface area contributed by atoms with Crippen molar-refractivity contribution < 1.29 is 9.66 Å². The third kappa shape index (κ3) is 4.12. The van der Waals surface area contributed by atoms with Crippen molar-refractivity contribution in [2.45, 2.75) is 0 Å². The maximum atomic E-state index is 11.6. The Kier molecular flexibility index (Phi) is 5.46. The van der Waals surface area contributed by atoms with Crippen molar-refractivity contribution in [2.75, 3.05) is 31.2 Å². The van der Waals surface area contributed by atoms with E-state index in [9.17, 15) is 15.4 Å². The zero-order chi connectivity index (χ0) is 19.2. The second kappa shape index (κ2) is 8.13. The zero-order valence-electron chi connectivity index (χ0n) is 14.5. The van der Waals surface area contributed by atoms with E-state index in [-0.39, 0.29) is 5.69 Å². The molecule has 134 valence electrons. The molecule has 1 fully saturated rings. The highest BCUT2D eigenvalue weighted by Crippen LogP contribution is 2.31. The van der Waals surface area contributed by atoms with E-state index in [1.807, 2.05) is 11.0 Å². The number of benzene rings is 2. The maximum Gasteiger partial charge on any atom is 0.293 e. The van der Waals surface area contributed by atoms with Gasteiger partial charge < -0.3 is 9.64 Å². The molecule has 2 aromatic rings. The van der Waals surface area contributed by atoms with Gasteiger partial charge in [-0.05, 0) is 35.4 Å². The van der Waals surface area contributed by atoms with E-state index in [4.69, 9.17) is 10.00 Å². The standard InChI is InChI=1S/C20H16N4O3/c21-13-16-2-1-3-17(11-16)18(14-22)10-15-4-5-19(20(12-15)24(25)26)23-6-8-27-9-7-23/h1-5,10-12H,6-9H2/b18-10+. The van der Waals surface area contributed by atoms with Crippen LogP contribution in [0.4, 0.5) is 11.4 Å². The fourth-order valence-electron chi connectivity index (χ4n) is 2.95. The number of nitriles is 2. The largest absolute Gasteiger partial charge is 0.378 e. The van der Waals surface area contributed by atoms with Crippen LogP contribution in [0.1, 0.15) is 16.7 Å². The van der Waals surface area contributed by atoms with Crippen LogP contribution in [0, 0.1) is 32.8 Å². The average molecular weight is 360 g/mol. The Morgan fingerprint density at radius 3 is 2.63 bits per heavy atom. The van der Waals surface area contributed by atoms with Gasteiger partial charge in [-0.1, -0.05) is 18.2 Å². The lowest BCUT2D eigenvalue weighted by molar-refractivity contribution is -0.384. The van der Waals surface area contributed by atoms with Gasteiger partial charge in [-0.15, -0.1) is 0 Å². The number of nitro groups is 1. The molecule has 0 bridgehead atoms. The molecule has 0 N–H and O–H groups in total. The van der Waals surface area contributed by atoms with Crippen LogP contribution in [0.15, 0.2) is 42.5 Å². The van der Waals surface area contributed by atoms with Crippen molar-refractivity contribution in [3.8, 4) is 12.1 Å². The number of hydrogen-bond acceptors (Lipinski definition) is 6. The molecule has 1 saturated heterocycles. The molecule has 0 spiro atoms. The lowest BCUT2D eigenvalue weighted by Crippen LogP contribution is -2.36. The Bertz CT molecular complexity index is 979. The van der Waals surface area contributed by atoms with Crippen LogP contribution in [-0.2, 0) is 4.74 Å². The topological polar surface area (TPSA) is 103 Å². The summed E-state index contributed by atoms with van der Waals surface area (Å²) in [6.07, 6.45) is 1.59. The Hall–Kier alpha value is -3.68. The maximum absolute atomic E-state index is 11.6. The quantitative estimate of drug-likeness (QED) is 0.358. The van der Waals surface area contributed by atoms with Crippen LogP contribution in [0.2, 0.25) is 0 Å². The van der Waals surface area contributed by atoms with E-state index in [1.165, 1.54) is 6.07 Å². The number of hydrogen-bond donors (Lipinski definition) is 0. The minimum atomic E-state index is -0.412. The Morgan fingerprint density at radius 2 is 1.96 bits per heavy atom. The number of anilines is 1. The van der Waals surface area contributed by atoms with Crippen LogP contribution in [0.5, 0.6) is 0 Å². The predicted octanol–water partition coefficient (Wildman–Crippen LogP) is 3.37. The van der Waals surface area contributed by atoms with E-state index in [2.05, 4.69) is 6.07 Å². The van der Waals surface area contributed by atoms with Crippen molar-refractivity contribution in [1.29, 1.82) is 10.5 Å². The van der Waals surface area contributed by atoms with E-state index in [1.54, 1.807) is 42.5 Å². The lowest BCUT2D eigenvalue weighted by atomic mass is 10.0. The molecule has 0 aromatic heterocycles. The summed E-state index contributed by atoms with van der Waals surface area (Å²) in [5, 5.41) is 30.1. The second-order valence-electron chi connectivity index (χ2n) is 5.97. The Morgan fingerprint density at radius 1 is 1.19 bits per heavy atom. The third-order valence-corrected chi connectivity index (χ3v) is 4.28. The number of morpholine rings is 1. The highest BCUT2D eigenvalue weighted by atomic mass is 16.6. The molecular weight excluding hydrogens is 344 g/mol. The summed E-state index contributed by atoms with van der Waals surface area (Å²) >= 11 is 0. The molecular formula is C20H16N4O3. The van der Waals surface area contributed by atoms with Crippen LogP contribution >= 0.6 is 0 Å². The van der Waals surface area contributed by atoms with E-state index >= 15 is 0 Å². The van der Waals surface area contributed by atoms with Gasteiger partial charge >= 0.3 is 0 Å². The van der Waals surface area contributed by atoms with Crippen LogP contribution in [0.3, 0.4) is 0 Å². The minimum absolute atomic E-state index is 0.00582. The number of rotatable bonds is 4. The first-order chi connectivity index (χ1) is 13.1. The summed E-state index contributed by atoms with van der Waals surface area (Å²) in [4.78, 5) is 13.1. The molecule has 3 rings (SSSR count). The number of ether oxygens (including phenoxy) is 1. The van der Waals surface area contributed by atoms with E-state index < -0.39 is 4.92 Å². The van der Waals surface area contributed by atoms with Gasteiger partial charge in [0.25, 0.3) is 5.69 Å². The lowest BCUT2D eigenvalue weighted by Gasteiger charge is -2.28. The highest BCUT2D eigenvalue weighted by molar-refractivity contribution is 5.90. The first kappa shape index (κ1) is 18.1. The molecule has 0 saturated carbocycles. The predicted molar refractivity (Wildman–Crippen MR) is 101 cm³/mol. The fraction of sp³-hybridized carbons (Fsp3) is 0.200. The molecule has 0 radical (unpaired) electrons. The summed E-state index contributed by atoms with van der Waals surface area (Å²) < 4.78 is 5.30. The average Bonchev–Trinajstić information content (AvgIpc) is 2.72. The molecule has 7 heteroatoms. The van der Waals surface area contributed by atoms with Crippen LogP contribution < -0.4 is 4.90 Å². The smallest absolute Gasteiger partial charge is 0.293 e. The first-order valence-electron chi connectivity index (χ1n) is 8.36. The summed E-state index contributed by atoms with van der Waals surface area (Å²) in [5.41, 5.74) is 2.47. The van der Waals surface area contributed by atoms with Crippen molar-refractivity contribution in [1.82, 2.24) is 0 Å². The molecule has 0 aliphatic carbocycles. The molecule has 1 aliphatic heterocycles. The van der Waals surface area contributed by atoms with Crippen LogP contribution in [-0.4, -0.2) is 31.2 Å². The molecule has 1 heterocycles. The summed E-state index contributed by atoms with van der Waals surface area (Å²) in [5.74, 6) is 0. The molecule has 1 aliphatic rings. The first-order valence-corrected chi connectivity index (χ1v) is 8.36. The van der Waals surface area contributed by atoms with Gasteiger partial charge in [0.2, 0.25) is 0 Å². The number of nitrogens with zero attached hydrogens (tertiary/aromatic N) is 4. The molecule has 0 unspecified atom stereocenters. The molecule has 0 amide bonds. The molecule has 0 atom stereocenters. The SMILES string of the molecule is N#C/C(=C\c1ccc(N2CCOCC2)c([N+](=O)[O-])c1)c1cccc(C#N)c1. The van der Waals surface area contributed by atoms with Gasteiger partial charge in [0.1, 0.15) is 5.69 Å². The van der Waals surface area contributed by atoms with Crippen molar-refractivity contribution >= 4 is 23.0 Å². The monoisotopic (exact) mass is 360 g/mol. The normalized spacial score (nSPS) is 14.3. The number of allylic oxidation sites excluding steroid dienone is 1.